The molecule has 0 fully saturated rings. The lowest BCUT2D eigenvalue weighted by Gasteiger charge is -2.09. The molecule has 0 aliphatic carbocycles. The highest BCUT2D eigenvalue weighted by Crippen LogP contribution is 2.21. The Hall–Kier alpha value is -2.17. The van der Waals surface area contributed by atoms with E-state index in [4.69, 9.17) is 4.74 Å². The number of ether oxygens (including phenoxy) is 2. The first-order valence-electron chi connectivity index (χ1n) is 5.36. The standard InChI is InChI=1S/C13H14O5/c1-8-4-5-11(12(16)7-17-9(2)14)13(6-8)18-10(3)15/h4-6H,7H2,1-3H3. The van der Waals surface area contributed by atoms with Gasteiger partial charge in [-0.2, -0.15) is 0 Å². The molecule has 0 bridgehead atoms. The van der Waals surface area contributed by atoms with Gasteiger partial charge in [0.05, 0.1) is 5.56 Å². The number of rotatable bonds is 4. The van der Waals surface area contributed by atoms with Crippen molar-refractivity contribution in [2.75, 3.05) is 6.61 Å². The van der Waals surface area contributed by atoms with Gasteiger partial charge in [0, 0.05) is 13.8 Å². The molecular weight excluding hydrogens is 236 g/mol. The quantitative estimate of drug-likeness (QED) is 0.462. The molecule has 0 aliphatic rings. The van der Waals surface area contributed by atoms with Gasteiger partial charge in [-0.25, -0.2) is 0 Å². The molecule has 5 nitrogen and oxygen atoms in total. The van der Waals surface area contributed by atoms with E-state index in [-0.39, 0.29) is 17.9 Å². The van der Waals surface area contributed by atoms with Crippen LogP contribution in [0.3, 0.4) is 0 Å². The van der Waals surface area contributed by atoms with Crippen molar-refractivity contribution in [2.45, 2.75) is 20.8 Å². The van der Waals surface area contributed by atoms with Gasteiger partial charge in [-0.1, -0.05) is 6.07 Å². The molecule has 0 saturated carbocycles. The van der Waals surface area contributed by atoms with Crippen LogP contribution in [0, 0.1) is 6.92 Å². The Morgan fingerprint density at radius 3 is 2.33 bits per heavy atom. The minimum Gasteiger partial charge on any atom is -0.457 e. The van der Waals surface area contributed by atoms with Gasteiger partial charge in [0.2, 0.25) is 5.78 Å². The first-order chi connectivity index (χ1) is 8.40. The molecule has 0 aromatic heterocycles. The summed E-state index contributed by atoms with van der Waals surface area (Å²) in [6.45, 7) is 3.91. The molecular formula is C13H14O5. The smallest absolute Gasteiger partial charge is 0.308 e. The Morgan fingerprint density at radius 2 is 1.78 bits per heavy atom. The third-order valence-corrected chi connectivity index (χ3v) is 2.10. The van der Waals surface area contributed by atoms with Crippen LogP contribution in [0.5, 0.6) is 5.75 Å². The molecule has 0 unspecified atom stereocenters. The van der Waals surface area contributed by atoms with Crippen LogP contribution in [0.1, 0.15) is 29.8 Å². The highest BCUT2D eigenvalue weighted by Gasteiger charge is 2.15. The third kappa shape index (κ3) is 4.01. The number of carbonyl (C=O) groups excluding carboxylic acids is 3. The summed E-state index contributed by atoms with van der Waals surface area (Å²) in [7, 11) is 0. The van der Waals surface area contributed by atoms with E-state index in [0.717, 1.165) is 5.56 Å². The van der Waals surface area contributed by atoms with Crippen molar-refractivity contribution in [3.05, 3.63) is 29.3 Å². The van der Waals surface area contributed by atoms with Gasteiger partial charge in [-0.3, -0.25) is 14.4 Å². The van der Waals surface area contributed by atoms with Crippen LogP contribution in [0.4, 0.5) is 0 Å². The fourth-order valence-electron chi connectivity index (χ4n) is 1.34. The SMILES string of the molecule is CC(=O)OCC(=O)c1ccc(C)cc1OC(C)=O. The summed E-state index contributed by atoms with van der Waals surface area (Å²) >= 11 is 0. The summed E-state index contributed by atoms with van der Waals surface area (Å²) in [4.78, 5) is 33.4. The summed E-state index contributed by atoms with van der Waals surface area (Å²) in [5, 5.41) is 0. The lowest BCUT2D eigenvalue weighted by Crippen LogP contribution is -2.14. The Balaban J connectivity index is 2.95. The second-order valence-electron chi connectivity index (χ2n) is 3.80. The lowest BCUT2D eigenvalue weighted by molar-refractivity contribution is -0.140. The van der Waals surface area contributed by atoms with Gasteiger partial charge in [0.25, 0.3) is 0 Å². The largest absolute Gasteiger partial charge is 0.457 e. The molecule has 0 N–H and O–H groups in total. The number of hydrogen-bond acceptors (Lipinski definition) is 5. The maximum absolute atomic E-state index is 11.8. The molecule has 0 radical (unpaired) electrons. The van der Waals surface area contributed by atoms with Crippen molar-refractivity contribution in [2.24, 2.45) is 0 Å². The zero-order valence-corrected chi connectivity index (χ0v) is 10.5. The first-order valence-corrected chi connectivity index (χ1v) is 5.36. The number of ketones is 1. The van der Waals surface area contributed by atoms with Crippen LogP contribution in [0.25, 0.3) is 0 Å². The second-order valence-corrected chi connectivity index (χ2v) is 3.80. The minimum absolute atomic E-state index is 0.180. The van der Waals surface area contributed by atoms with Gasteiger partial charge in [0.1, 0.15) is 5.75 Å². The Bertz CT molecular complexity index is 490. The van der Waals surface area contributed by atoms with E-state index in [0.29, 0.717) is 0 Å². The molecule has 0 saturated heterocycles. The maximum atomic E-state index is 11.8. The summed E-state index contributed by atoms with van der Waals surface area (Å²) < 4.78 is 9.57. The fraction of sp³-hybridized carbons (Fsp3) is 0.308. The monoisotopic (exact) mass is 250 g/mol. The normalized spacial score (nSPS) is 9.72. The predicted octanol–water partition coefficient (Wildman–Crippen LogP) is 1.67. The zero-order valence-electron chi connectivity index (χ0n) is 10.5. The molecule has 0 aliphatic heterocycles. The van der Waals surface area contributed by atoms with Gasteiger partial charge >= 0.3 is 11.9 Å². The molecule has 0 atom stereocenters. The summed E-state index contributed by atoms with van der Waals surface area (Å²) in [6, 6.07) is 4.84. The van der Waals surface area contributed by atoms with Gasteiger partial charge in [0.15, 0.2) is 6.61 Å². The summed E-state index contributed by atoms with van der Waals surface area (Å²) in [6.07, 6.45) is 0. The predicted molar refractivity (Wildman–Crippen MR) is 63.5 cm³/mol. The minimum atomic E-state index is -0.538. The van der Waals surface area contributed by atoms with Crippen LogP contribution in [0.2, 0.25) is 0 Å². The molecule has 1 rings (SSSR count). The zero-order chi connectivity index (χ0) is 13.7. The number of esters is 2. The Labute approximate surface area is 105 Å². The molecule has 1 aromatic rings. The fourth-order valence-corrected chi connectivity index (χ4v) is 1.34. The van der Waals surface area contributed by atoms with E-state index in [1.54, 1.807) is 18.2 Å². The average molecular weight is 250 g/mol. The van der Waals surface area contributed by atoms with Gasteiger partial charge in [-0.05, 0) is 24.6 Å². The number of carbonyl (C=O) groups is 3. The van der Waals surface area contributed by atoms with E-state index < -0.39 is 17.7 Å². The number of Topliss-reactive ketones (excluding diaryl/α,β-unsaturated/α-hetero) is 1. The molecule has 96 valence electrons. The van der Waals surface area contributed by atoms with E-state index >= 15 is 0 Å². The van der Waals surface area contributed by atoms with Crippen LogP contribution in [-0.2, 0) is 14.3 Å². The average Bonchev–Trinajstić information content (AvgIpc) is 2.25. The molecule has 18 heavy (non-hydrogen) atoms. The van der Waals surface area contributed by atoms with Crippen LogP contribution in [0.15, 0.2) is 18.2 Å². The lowest BCUT2D eigenvalue weighted by atomic mass is 10.1. The maximum Gasteiger partial charge on any atom is 0.308 e. The molecule has 5 heteroatoms. The van der Waals surface area contributed by atoms with Gasteiger partial charge < -0.3 is 9.47 Å². The van der Waals surface area contributed by atoms with Crippen molar-refractivity contribution in [3.63, 3.8) is 0 Å². The van der Waals surface area contributed by atoms with E-state index in [2.05, 4.69) is 4.74 Å². The summed E-state index contributed by atoms with van der Waals surface area (Å²) in [5.74, 6) is -1.28. The van der Waals surface area contributed by atoms with Crippen LogP contribution >= 0.6 is 0 Å². The third-order valence-electron chi connectivity index (χ3n) is 2.10. The van der Waals surface area contributed by atoms with Crippen LogP contribution < -0.4 is 4.74 Å². The van der Waals surface area contributed by atoms with Crippen molar-refractivity contribution < 1.29 is 23.9 Å². The number of hydrogen-bond donors (Lipinski definition) is 0. The first kappa shape index (κ1) is 13.9. The Kier molecular flexibility index (Phi) is 4.59. The van der Waals surface area contributed by atoms with Crippen molar-refractivity contribution in [1.29, 1.82) is 0 Å². The summed E-state index contributed by atoms with van der Waals surface area (Å²) in [5.41, 5.74) is 1.08. The number of benzene rings is 1. The van der Waals surface area contributed by atoms with Gasteiger partial charge in [-0.15, -0.1) is 0 Å². The van der Waals surface area contributed by atoms with E-state index in [9.17, 15) is 14.4 Å². The highest BCUT2D eigenvalue weighted by molar-refractivity contribution is 6.00. The van der Waals surface area contributed by atoms with Crippen molar-refractivity contribution in [1.82, 2.24) is 0 Å². The topological polar surface area (TPSA) is 69.7 Å². The molecule has 1 aromatic carbocycles. The van der Waals surface area contributed by atoms with E-state index in [1.807, 2.05) is 6.92 Å². The molecule has 0 amide bonds. The highest BCUT2D eigenvalue weighted by atomic mass is 16.5. The Morgan fingerprint density at radius 1 is 1.11 bits per heavy atom. The van der Waals surface area contributed by atoms with Crippen molar-refractivity contribution >= 4 is 17.7 Å². The van der Waals surface area contributed by atoms with Crippen molar-refractivity contribution in [3.8, 4) is 5.75 Å². The van der Waals surface area contributed by atoms with E-state index in [1.165, 1.54) is 13.8 Å². The second kappa shape index (κ2) is 5.95. The van der Waals surface area contributed by atoms with Crippen LogP contribution in [-0.4, -0.2) is 24.3 Å². The molecule has 0 spiro atoms. The molecule has 0 heterocycles. The number of aryl methyl sites for hydroxylation is 1.